The Labute approximate surface area is 158 Å². The number of hydrogen-bond donors (Lipinski definition) is 0. The second-order valence-corrected chi connectivity index (χ2v) is 7.22. The van der Waals surface area contributed by atoms with Gasteiger partial charge in [0.1, 0.15) is 12.1 Å². The van der Waals surface area contributed by atoms with E-state index >= 15 is 0 Å². The van der Waals surface area contributed by atoms with Crippen molar-refractivity contribution >= 4 is 17.6 Å². The van der Waals surface area contributed by atoms with Crippen molar-refractivity contribution in [2.45, 2.75) is 19.4 Å². The SMILES string of the molecule is C=CCN1C[C@@H](C(=O)N2CCc3c(ncnc3N3CCOCC3)C2)CC1=O. The Morgan fingerprint density at radius 1 is 1.30 bits per heavy atom. The third kappa shape index (κ3) is 3.53. The van der Waals surface area contributed by atoms with E-state index in [1.807, 2.05) is 4.90 Å². The number of amides is 2. The Bertz CT molecular complexity index is 747. The topological polar surface area (TPSA) is 78.9 Å². The summed E-state index contributed by atoms with van der Waals surface area (Å²) in [5.41, 5.74) is 2.05. The monoisotopic (exact) mass is 371 g/mol. The fraction of sp³-hybridized carbons (Fsp3) is 0.579. The first-order chi connectivity index (χ1) is 13.2. The fourth-order valence-electron chi connectivity index (χ4n) is 4.10. The van der Waals surface area contributed by atoms with E-state index in [-0.39, 0.29) is 17.7 Å². The molecule has 4 rings (SSSR count). The quantitative estimate of drug-likeness (QED) is 0.705. The van der Waals surface area contributed by atoms with E-state index < -0.39 is 0 Å². The van der Waals surface area contributed by atoms with Crippen LogP contribution in [0.4, 0.5) is 5.82 Å². The number of anilines is 1. The molecule has 0 bridgehead atoms. The lowest BCUT2D eigenvalue weighted by Crippen LogP contribution is -2.42. The van der Waals surface area contributed by atoms with Crippen LogP contribution in [0, 0.1) is 5.92 Å². The number of ether oxygens (including phenoxy) is 1. The molecule has 1 aromatic heterocycles. The molecule has 27 heavy (non-hydrogen) atoms. The molecule has 3 aliphatic rings. The van der Waals surface area contributed by atoms with Gasteiger partial charge in [0.25, 0.3) is 0 Å². The van der Waals surface area contributed by atoms with Crippen molar-refractivity contribution < 1.29 is 14.3 Å². The van der Waals surface area contributed by atoms with Gasteiger partial charge in [-0.1, -0.05) is 6.08 Å². The minimum absolute atomic E-state index is 0.0302. The maximum Gasteiger partial charge on any atom is 0.228 e. The molecule has 4 heterocycles. The number of nitrogens with zero attached hydrogens (tertiary/aromatic N) is 5. The molecule has 1 atom stereocenters. The predicted octanol–water partition coefficient (Wildman–Crippen LogP) is 0.232. The minimum atomic E-state index is -0.264. The van der Waals surface area contributed by atoms with Gasteiger partial charge < -0.3 is 19.4 Å². The number of rotatable bonds is 4. The van der Waals surface area contributed by atoms with Crippen molar-refractivity contribution in [2.75, 3.05) is 50.8 Å². The van der Waals surface area contributed by atoms with Crippen LogP contribution in [-0.2, 0) is 27.3 Å². The average Bonchev–Trinajstić information content (AvgIpc) is 3.08. The molecule has 0 aromatic carbocycles. The molecular formula is C19H25N5O3. The highest BCUT2D eigenvalue weighted by Gasteiger charge is 2.37. The Hall–Kier alpha value is -2.48. The van der Waals surface area contributed by atoms with E-state index in [1.165, 1.54) is 0 Å². The number of hydrogen-bond acceptors (Lipinski definition) is 6. The van der Waals surface area contributed by atoms with Crippen LogP contribution >= 0.6 is 0 Å². The van der Waals surface area contributed by atoms with E-state index in [4.69, 9.17) is 4.74 Å². The van der Waals surface area contributed by atoms with Crippen molar-refractivity contribution in [3.63, 3.8) is 0 Å². The van der Waals surface area contributed by atoms with Gasteiger partial charge in [-0.3, -0.25) is 9.59 Å². The van der Waals surface area contributed by atoms with Crippen molar-refractivity contribution in [2.24, 2.45) is 5.92 Å². The number of fused-ring (bicyclic) bond motifs is 1. The molecule has 8 nitrogen and oxygen atoms in total. The molecule has 0 saturated carbocycles. The lowest BCUT2D eigenvalue weighted by molar-refractivity contribution is -0.136. The molecule has 2 saturated heterocycles. The molecule has 8 heteroatoms. The van der Waals surface area contributed by atoms with Gasteiger partial charge in [-0.2, -0.15) is 0 Å². The molecule has 144 valence electrons. The van der Waals surface area contributed by atoms with E-state index in [2.05, 4.69) is 21.4 Å². The summed E-state index contributed by atoms with van der Waals surface area (Å²) in [5, 5.41) is 0. The van der Waals surface area contributed by atoms with Gasteiger partial charge in [-0.05, 0) is 6.42 Å². The Balaban J connectivity index is 1.46. The molecule has 0 unspecified atom stereocenters. The highest BCUT2D eigenvalue weighted by Crippen LogP contribution is 2.28. The van der Waals surface area contributed by atoms with Gasteiger partial charge in [-0.15, -0.1) is 6.58 Å². The lowest BCUT2D eigenvalue weighted by atomic mass is 10.0. The van der Waals surface area contributed by atoms with Gasteiger partial charge >= 0.3 is 0 Å². The van der Waals surface area contributed by atoms with Crippen molar-refractivity contribution in [1.82, 2.24) is 19.8 Å². The maximum absolute atomic E-state index is 12.9. The van der Waals surface area contributed by atoms with E-state index in [0.717, 1.165) is 36.6 Å². The molecule has 1 aromatic rings. The second kappa shape index (κ2) is 7.64. The van der Waals surface area contributed by atoms with Crippen LogP contribution in [0.5, 0.6) is 0 Å². The third-order valence-electron chi connectivity index (χ3n) is 5.52. The predicted molar refractivity (Wildman–Crippen MR) is 99.1 cm³/mol. The normalized spacial score (nSPS) is 22.7. The molecule has 0 spiro atoms. The zero-order valence-electron chi connectivity index (χ0n) is 15.5. The fourth-order valence-corrected chi connectivity index (χ4v) is 4.10. The molecule has 2 amide bonds. The van der Waals surface area contributed by atoms with Gasteiger partial charge in [0.15, 0.2) is 0 Å². The largest absolute Gasteiger partial charge is 0.378 e. The number of carbonyl (C=O) groups excluding carboxylic acids is 2. The smallest absolute Gasteiger partial charge is 0.228 e. The summed E-state index contributed by atoms with van der Waals surface area (Å²) < 4.78 is 5.43. The minimum Gasteiger partial charge on any atom is -0.378 e. The van der Waals surface area contributed by atoms with Crippen LogP contribution in [0.2, 0.25) is 0 Å². The zero-order valence-corrected chi connectivity index (χ0v) is 15.5. The van der Waals surface area contributed by atoms with Crippen LogP contribution in [0.15, 0.2) is 19.0 Å². The molecule has 0 radical (unpaired) electrons. The van der Waals surface area contributed by atoms with Crippen LogP contribution in [0.25, 0.3) is 0 Å². The maximum atomic E-state index is 12.9. The van der Waals surface area contributed by atoms with Crippen LogP contribution < -0.4 is 4.90 Å². The Morgan fingerprint density at radius 3 is 2.89 bits per heavy atom. The first kappa shape index (κ1) is 17.9. The summed E-state index contributed by atoms with van der Waals surface area (Å²) in [6.07, 6.45) is 4.32. The number of carbonyl (C=O) groups is 2. The molecule has 2 fully saturated rings. The van der Waals surface area contributed by atoms with Gasteiger partial charge in [0.05, 0.1) is 31.4 Å². The number of morpholine rings is 1. The lowest BCUT2D eigenvalue weighted by Gasteiger charge is -2.34. The third-order valence-corrected chi connectivity index (χ3v) is 5.52. The molecule has 0 N–H and O–H groups in total. The molecule has 0 aliphatic carbocycles. The van der Waals surface area contributed by atoms with E-state index in [1.54, 1.807) is 17.3 Å². The Kier molecular flexibility index (Phi) is 5.07. The van der Waals surface area contributed by atoms with E-state index in [0.29, 0.717) is 45.8 Å². The van der Waals surface area contributed by atoms with Crippen LogP contribution in [0.1, 0.15) is 17.7 Å². The summed E-state index contributed by atoms with van der Waals surface area (Å²) >= 11 is 0. The average molecular weight is 371 g/mol. The van der Waals surface area contributed by atoms with Crippen LogP contribution in [0.3, 0.4) is 0 Å². The highest BCUT2D eigenvalue weighted by atomic mass is 16.5. The summed E-state index contributed by atoms with van der Waals surface area (Å²) in [4.78, 5) is 39.7. The van der Waals surface area contributed by atoms with Crippen molar-refractivity contribution in [3.05, 3.63) is 30.2 Å². The van der Waals surface area contributed by atoms with Crippen LogP contribution in [-0.4, -0.2) is 77.5 Å². The highest BCUT2D eigenvalue weighted by molar-refractivity contribution is 5.89. The van der Waals surface area contributed by atoms with Gasteiger partial charge in [0, 0.05) is 44.7 Å². The summed E-state index contributed by atoms with van der Waals surface area (Å²) in [6, 6.07) is 0. The standard InChI is InChI=1S/C19H25N5O3/c1-2-4-23-11-14(10-17(23)25)19(26)24-5-3-15-16(12-24)20-13-21-18(15)22-6-8-27-9-7-22/h2,13-14H,1,3-12H2/t14-/m0/s1. The first-order valence-corrected chi connectivity index (χ1v) is 9.50. The number of likely N-dealkylation sites (tertiary alicyclic amines) is 1. The first-order valence-electron chi connectivity index (χ1n) is 9.50. The van der Waals surface area contributed by atoms with Crippen molar-refractivity contribution in [1.29, 1.82) is 0 Å². The van der Waals surface area contributed by atoms with Gasteiger partial charge in [0.2, 0.25) is 11.8 Å². The van der Waals surface area contributed by atoms with Gasteiger partial charge in [-0.25, -0.2) is 9.97 Å². The molecule has 3 aliphatic heterocycles. The van der Waals surface area contributed by atoms with E-state index in [9.17, 15) is 9.59 Å². The molecular weight excluding hydrogens is 346 g/mol. The number of aromatic nitrogens is 2. The summed E-state index contributed by atoms with van der Waals surface area (Å²) in [5.74, 6) is 0.790. The zero-order chi connectivity index (χ0) is 18.8. The summed E-state index contributed by atoms with van der Waals surface area (Å²) in [6.45, 7) is 8.86. The Morgan fingerprint density at radius 2 is 2.11 bits per heavy atom. The summed E-state index contributed by atoms with van der Waals surface area (Å²) in [7, 11) is 0. The van der Waals surface area contributed by atoms with Crippen molar-refractivity contribution in [3.8, 4) is 0 Å². The second-order valence-electron chi connectivity index (χ2n) is 7.22.